The molecule has 2 amide bonds. The second-order valence-corrected chi connectivity index (χ2v) is 6.68. The van der Waals surface area contributed by atoms with Crippen LogP contribution >= 0.6 is 0 Å². The third-order valence-corrected chi connectivity index (χ3v) is 4.74. The molecule has 3 aromatic rings. The summed E-state index contributed by atoms with van der Waals surface area (Å²) < 4.78 is 0. The summed E-state index contributed by atoms with van der Waals surface area (Å²) in [6.45, 7) is 4.13. The van der Waals surface area contributed by atoms with Crippen molar-refractivity contribution in [3.05, 3.63) is 41.2 Å². The highest BCUT2D eigenvalue weighted by Crippen LogP contribution is 2.30. The van der Waals surface area contributed by atoms with Crippen molar-refractivity contribution in [1.29, 1.82) is 0 Å². The molecule has 1 aliphatic rings. The van der Waals surface area contributed by atoms with Gasteiger partial charge in [0.1, 0.15) is 17.4 Å². The van der Waals surface area contributed by atoms with Crippen LogP contribution in [0.4, 0.5) is 5.82 Å². The van der Waals surface area contributed by atoms with Crippen molar-refractivity contribution in [1.82, 2.24) is 20.3 Å². The van der Waals surface area contributed by atoms with Crippen LogP contribution in [0.15, 0.2) is 24.3 Å². The first kappa shape index (κ1) is 17.0. The standard InChI is InChI=1S/C19H20N6O2/c1-9(17(20)26)23-18-10(2)22-14-5-3-4-11(16(14)25-18)15-8-12-13(24-15)6-7-21-19(12)27/h3-5,8-9,24H,6-7H2,1-2H3,(H2,20,26)(H,21,27)(H,23,25)/t9-/m0/s1. The molecular formula is C19H20N6O2. The molecule has 5 N–H and O–H groups in total. The Labute approximate surface area is 155 Å². The number of carbonyl (C=O) groups is 2. The third-order valence-electron chi connectivity index (χ3n) is 4.74. The van der Waals surface area contributed by atoms with E-state index in [2.05, 4.69) is 20.6 Å². The fraction of sp³-hybridized carbons (Fsp3) is 0.263. The number of rotatable bonds is 4. The lowest BCUT2D eigenvalue weighted by atomic mass is 10.1. The van der Waals surface area contributed by atoms with Crippen LogP contribution in [0.1, 0.15) is 28.7 Å². The van der Waals surface area contributed by atoms with E-state index in [9.17, 15) is 9.59 Å². The summed E-state index contributed by atoms with van der Waals surface area (Å²) in [6, 6.07) is 7.01. The Morgan fingerprint density at radius 2 is 2.11 bits per heavy atom. The van der Waals surface area contributed by atoms with Gasteiger partial charge in [-0.3, -0.25) is 9.59 Å². The molecule has 8 heteroatoms. The molecule has 0 aliphatic carbocycles. The van der Waals surface area contributed by atoms with Crippen LogP contribution in [0.5, 0.6) is 0 Å². The number of primary amides is 1. The molecule has 0 radical (unpaired) electrons. The number of aromatic amines is 1. The number of nitrogens with two attached hydrogens (primary N) is 1. The first-order valence-electron chi connectivity index (χ1n) is 8.77. The van der Waals surface area contributed by atoms with E-state index in [0.717, 1.165) is 28.9 Å². The lowest BCUT2D eigenvalue weighted by Gasteiger charge is -2.14. The monoisotopic (exact) mass is 364 g/mol. The Kier molecular flexibility index (Phi) is 4.02. The second-order valence-electron chi connectivity index (χ2n) is 6.68. The first-order chi connectivity index (χ1) is 12.9. The van der Waals surface area contributed by atoms with Gasteiger partial charge in [-0.25, -0.2) is 9.97 Å². The maximum atomic E-state index is 12.1. The van der Waals surface area contributed by atoms with Gasteiger partial charge in [0.2, 0.25) is 5.91 Å². The number of nitrogens with one attached hydrogen (secondary N) is 3. The summed E-state index contributed by atoms with van der Waals surface area (Å²) in [5.41, 5.74) is 10.7. The SMILES string of the molecule is Cc1nc2cccc(-c3cc4c([nH]3)CCNC4=O)c2nc1N[C@@H](C)C(N)=O. The lowest BCUT2D eigenvalue weighted by molar-refractivity contribution is -0.118. The molecule has 27 heavy (non-hydrogen) atoms. The topological polar surface area (TPSA) is 126 Å². The molecule has 8 nitrogen and oxygen atoms in total. The van der Waals surface area contributed by atoms with Crippen molar-refractivity contribution in [2.75, 3.05) is 11.9 Å². The smallest absolute Gasteiger partial charge is 0.253 e. The summed E-state index contributed by atoms with van der Waals surface area (Å²) in [5.74, 6) is -0.0264. The molecule has 0 saturated heterocycles. The highest BCUT2D eigenvalue weighted by atomic mass is 16.2. The van der Waals surface area contributed by atoms with E-state index in [-0.39, 0.29) is 5.91 Å². The summed E-state index contributed by atoms with van der Waals surface area (Å²) in [6.07, 6.45) is 0.763. The van der Waals surface area contributed by atoms with Crippen molar-refractivity contribution in [2.24, 2.45) is 5.73 Å². The summed E-state index contributed by atoms with van der Waals surface area (Å²) >= 11 is 0. The Morgan fingerprint density at radius 3 is 2.85 bits per heavy atom. The lowest BCUT2D eigenvalue weighted by Crippen LogP contribution is -2.33. The highest BCUT2D eigenvalue weighted by molar-refractivity contribution is 5.99. The molecule has 1 aliphatic heterocycles. The van der Waals surface area contributed by atoms with E-state index < -0.39 is 11.9 Å². The average Bonchev–Trinajstić information content (AvgIpc) is 3.07. The number of H-pyrrole nitrogens is 1. The number of aromatic nitrogens is 3. The number of benzene rings is 1. The Bertz CT molecular complexity index is 1070. The van der Waals surface area contributed by atoms with E-state index in [0.29, 0.717) is 29.1 Å². The predicted molar refractivity (Wildman–Crippen MR) is 102 cm³/mol. The van der Waals surface area contributed by atoms with E-state index in [1.54, 1.807) is 6.92 Å². The molecule has 4 rings (SSSR count). The minimum Gasteiger partial charge on any atom is -0.368 e. The van der Waals surface area contributed by atoms with Gasteiger partial charge in [0.15, 0.2) is 0 Å². The third kappa shape index (κ3) is 2.99. The van der Waals surface area contributed by atoms with Gasteiger partial charge in [0, 0.05) is 29.9 Å². The number of fused-ring (bicyclic) bond motifs is 2. The first-order valence-corrected chi connectivity index (χ1v) is 8.77. The number of hydrogen-bond donors (Lipinski definition) is 4. The van der Waals surface area contributed by atoms with Crippen LogP contribution < -0.4 is 16.4 Å². The molecular weight excluding hydrogens is 344 g/mol. The minimum absolute atomic E-state index is 0.0708. The number of hydrogen-bond acceptors (Lipinski definition) is 5. The zero-order chi connectivity index (χ0) is 19.1. The van der Waals surface area contributed by atoms with Gasteiger partial charge in [-0.1, -0.05) is 12.1 Å². The largest absolute Gasteiger partial charge is 0.368 e. The van der Waals surface area contributed by atoms with Gasteiger partial charge >= 0.3 is 0 Å². The number of aryl methyl sites for hydroxylation is 1. The van der Waals surface area contributed by atoms with Crippen LogP contribution in [-0.2, 0) is 11.2 Å². The number of carbonyl (C=O) groups excluding carboxylic acids is 2. The van der Waals surface area contributed by atoms with Gasteiger partial charge in [0.05, 0.1) is 16.8 Å². The molecule has 3 heterocycles. The van der Waals surface area contributed by atoms with Crippen LogP contribution in [0.2, 0.25) is 0 Å². The maximum Gasteiger partial charge on any atom is 0.253 e. The molecule has 0 saturated carbocycles. The number of amides is 2. The molecule has 1 atom stereocenters. The molecule has 0 spiro atoms. The Hall–Kier alpha value is -3.42. The Balaban J connectivity index is 1.84. The second kappa shape index (κ2) is 6.39. The summed E-state index contributed by atoms with van der Waals surface area (Å²) in [7, 11) is 0. The van der Waals surface area contributed by atoms with Crippen LogP contribution in [0.25, 0.3) is 22.3 Å². The molecule has 0 bridgehead atoms. The fourth-order valence-electron chi connectivity index (χ4n) is 3.23. The quantitative estimate of drug-likeness (QED) is 0.558. The van der Waals surface area contributed by atoms with Crippen LogP contribution in [0.3, 0.4) is 0 Å². The molecule has 0 unspecified atom stereocenters. The number of para-hydroxylation sites is 1. The average molecular weight is 364 g/mol. The van der Waals surface area contributed by atoms with E-state index in [1.165, 1.54) is 0 Å². The van der Waals surface area contributed by atoms with Crippen molar-refractivity contribution in [3.63, 3.8) is 0 Å². The number of anilines is 1. The van der Waals surface area contributed by atoms with Crippen molar-refractivity contribution >= 4 is 28.7 Å². The summed E-state index contributed by atoms with van der Waals surface area (Å²) in [5, 5.41) is 5.86. The van der Waals surface area contributed by atoms with Gasteiger partial charge < -0.3 is 21.4 Å². The van der Waals surface area contributed by atoms with Gasteiger partial charge in [-0.2, -0.15) is 0 Å². The predicted octanol–water partition coefficient (Wildman–Crippen LogP) is 1.50. The van der Waals surface area contributed by atoms with Gasteiger partial charge in [0.25, 0.3) is 5.91 Å². The zero-order valence-corrected chi connectivity index (χ0v) is 15.1. The van der Waals surface area contributed by atoms with Crippen molar-refractivity contribution in [2.45, 2.75) is 26.3 Å². The van der Waals surface area contributed by atoms with Crippen molar-refractivity contribution < 1.29 is 9.59 Å². The number of nitrogens with zero attached hydrogens (tertiary/aromatic N) is 2. The Morgan fingerprint density at radius 1 is 1.30 bits per heavy atom. The zero-order valence-electron chi connectivity index (χ0n) is 15.1. The van der Waals surface area contributed by atoms with Crippen LogP contribution in [0, 0.1) is 6.92 Å². The maximum absolute atomic E-state index is 12.1. The normalized spacial score (nSPS) is 14.5. The fourth-order valence-corrected chi connectivity index (χ4v) is 3.23. The van der Waals surface area contributed by atoms with E-state index >= 15 is 0 Å². The van der Waals surface area contributed by atoms with Gasteiger partial charge in [-0.15, -0.1) is 0 Å². The van der Waals surface area contributed by atoms with Crippen molar-refractivity contribution in [3.8, 4) is 11.3 Å². The van der Waals surface area contributed by atoms with Crippen LogP contribution in [-0.4, -0.2) is 39.4 Å². The molecule has 138 valence electrons. The minimum atomic E-state index is -0.566. The van der Waals surface area contributed by atoms with Gasteiger partial charge in [-0.05, 0) is 26.0 Å². The van der Waals surface area contributed by atoms with E-state index in [1.807, 2.05) is 31.2 Å². The summed E-state index contributed by atoms with van der Waals surface area (Å²) in [4.78, 5) is 36.1. The molecule has 1 aromatic carbocycles. The molecule has 2 aromatic heterocycles. The van der Waals surface area contributed by atoms with E-state index in [4.69, 9.17) is 10.7 Å². The molecule has 0 fully saturated rings. The highest BCUT2D eigenvalue weighted by Gasteiger charge is 2.21.